The van der Waals surface area contributed by atoms with Gasteiger partial charge in [-0.3, -0.25) is 10.1 Å². The maximum atomic E-state index is 13.8. The fourth-order valence-corrected chi connectivity index (χ4v) is 2.89. The van der Waals surface area contributed by atoms with Gasteiger partial charge in [0.05, 0.1) is 12.1 Å². The Morgan fingerprint density at radius 3 is 2.75 bits per heavy atom. The minimum atomic E-state index is -0.877. The highest BCUT2D eigenvalue weighted by Gasteiger charge is 2.22. The number of hydrogen-bond acceptors (Lipinski definition) is 6. The second-order valence-electron chi connectivity index (χ2n) is 6.78. The molecule has 32 heavy (non-hydrogen) atoms. The number of nitrogens with one attached hydrogen (secondary N) is 1. The van der Waals surface area contributed by atoms with Crippen molar-refractivity contribution in [1.29, 1.82) is 0 Å². The zero-order valence-corrected chi connectivity index (χ0v) is 16.7. The summed E-state index contributed by atoms with van der Waals surface area (Å²) in [7, 11) is 0. The Hall–Kier alpha value is -4.15. The molecule has 0 fully saturated rings. The molecule has 2 heterocycles. The van der Waals surface area contributed by atoms with Crippen LogP contribution < -0.4 is 10.1 Å². The molecule has 164 valence electrons. The SMILES string of the molecule is Cc1onc(C(=O)Nc2ncn(Cc3cccc(F)c3)n2)c1COc1ccc(F)cc1F. The van der Waals surface area contributed by atoms with Crippen LogP contribution in [0.5, 0.6) is 5.75 Å². The third-order valence-electron chi connectivity index (χ3n) is 4.46. The van der Waals surface area contributed by atoms with Gasteiger partial charge < -0.3 is 9.26 Å². The molecular formula is C21H16F3N5O3. The number of carbonyl (C=O) groups is 1. The molecule has 0 unspecified atom stereocenters. The van der Waals surface area contributed by atoms with Gasteiger partial charge in [-0.05, 0) is 36.8 Å². The molecule has 11 heteroatoms. The maximum absolute atomic E-state index is 13.8. The van der Waals surface area contributed by atoms with E-state index >= 15 is 0 Å². The summed E-state index contributed by atoms with van der Waals surface area (Å²) in [5.74, 6) is -2.53. The molecule has 1 amide bonds. The van der Waals surface area contributed by atoms with Crippen molar-refractivity contribution >= 4 is 11.9 Å². The van der Waals surface area contributed by atoms with Gasteiger partial charge in [-0.1, -0.05) is 17.3 Å². The minimum absolute atomic E-state index is 0.00324. The van der Waals surface area contributed by atoms with E-state index in [-0.39, 0.29) is 41.9 Å². The quantitative estimate of drug-likeness (QED) is 0.466. The molecule has 4 rings (SSSR count). The van der Waals surface area contributed by atoms with Crippen LogP contribution in [0.3, 0.4) is 0 Å². The molecule has 0 atom stereocenters. The first-order chi connectivity index (χ1) is 15.4. The summed E-state index contributed by atoms with van der Waals surface area (Å²) in [6.07, 6.45) is 1.38. The fourth-order valence-electron chi connectivity index (χ4n) is 2.89. The van der Waals surface area contributed by atoms with E-state index in [9.17, 15) is 18.0 Å². The van der Waals surface area contributed by atoms with Gasteiger partial charge in [0, 0.05) is 6.07 Å². The molecule has 8 nitrogen and oxygen atoms in total. The number of benzene rings is 2. The van der Waals surface area contributed by atoms with Gasteiger partial charge in [0.2, 0.25) is 5.95 Å². The molecule has 4 aromatic rings. The second kappa shape index (κ2) is 8.92. The zero-order valence-electron chi connectivity index (χ0n) is 16.7. The lowest BCUT2D eigenvalue weighted by atomic mass is 10.2. The van der Waals surface area contributed by atoms with Crippen molar-refractivity contribution in [1.82, 2.24) is 19.9 Å². The number of ether oxygens (including phenoxy) is 1. The highest BCUT2D eigenvalue weighted by molar-refractivity contribution is 6.02. The smallest absolute Gasteiger partial charge is 0.280 e. The molecule has 0 spiro atoms. The normalized spacial score (nSPS) is 10.9. The maximum Gasteiger partial charge on any atom is 0.280 e. The molecule has 0 saturated heterocycles. The summed E-state index contributed by atoms with van der Waals surface area (Å²) in [4.78, 5) is 16.6. The number of carbonyl (C=O) groups excluding carboxylic acids is 1. The van der Waals surface area contributed by atoms with Gasteiger partial charge >= 0.3 is 0 Å². The molecular weight excluding hydrogens is 427 g/mol. The first kappa shape index (κ1) is 21.1. The molecule has 1 N–H and O–H groups in total. The fraction of sp³-hybridized carbons (Fsp3) is 0.143. The Morgan fingerprint density at radius 1 is 1.16 bits per heavy atom. The van der Waals surface area contributed by atoms with E-state index in [1.807, 2.05) is 0 Å². The van der Waals surface area contributed by atoms with Crippen molar-refractivity contribution in [3.05, 3.63) is 88.8 Å². The number of amides is 1. The first-order valence-corrected chi connectivity index (χ1v) is 9.37. The summed E-state index contributed by atoms with van der Waals surface area (Å²) >= 11 is 0. The van der Waals surface area contributed by atoms with Gasteiger partial charge in [-0.15, -0.1) is 5.10 Å². The van der Waals surface area contributed by atoms with E-state index in [0.717, 1.165) is 12.1 Å². The number of aryl methyl sites for hydroxylation is 1. The second-order valence-corrected chi connectivity index (χ2v) is 6.78. The van der Waals surface area contributed by atoms with Crippen molar-refractivity contribution in [2.24, 2.45) is 0 Å². The number of rotatable bonds is 7. The molecule has 2 aromatic heterocycles. The van der Waals surface area contributed by atoms with Crippen LogP contribution in [0.15, 0.2) is 53.3 Å². The van der Waals surface area contributed by atoms with E-state index < -0.39 is 17.5 Å². The Labute approximate surface area is 179 Å². The van der Waals surface area contributed by atoms with Crippen molar-refractivity contribution < 1.29 is 27.2 Å². The molecule has 0 saturated carbocycles. The van der Waals surface area contributed by atoms with Crippen LogP contribution >= 0.6 is 0 Å². The predicted octanol–water partition coefficient (Wildman–Crippen LogP) is 3.87. The van der Waals surface area contributed by atoms with Gasteiger partial charge in [-0.25, -0.2) is 22.8 Å². The van der Waals surface area contributed by atoms with Gasteiger partial charge in [0.1, 0.15) is 30.3 Å². The zero-order chi connectivity index (χ0) is 22.7. The van der Waals surface area contributed by atoms with Crippen molar-refractivity contribution in [3.8, 4) is 5.75 Å². The number of aromatic nitrogens is 4. The van der Waals surface area contributed by atoms with E-state index in [4.69, 9.17) is 9.26 Å². The molecule has 0 aliphatic rings. The Bertz CT molecular complexity index is 1270. The largest absolute Gasteiger partial charge is 0.486 e. The molecule has 2 aromatic carbocycles. The number of nitrogens with zero attached hydrogens (tertiary/aromatic N) is 4. The third-order valence-corrected chi connectivity index (χ3v) is 4.46. The summed E-state index contributed by atoms with van der Waals surface area (Å²) < 4.78 is 52.0. The van der Waals surface area contributed by atoms with Crippen LogP contribution in [-0.4, -0.2) is 25.8 Å². The number of halogens is 3. The van der Waals surface area contributed by atoms with E-state index in [1.54, 1.807) is 19.1 Å². The van der Waals surface area contributed by atoms with Crippen LogP contribution in [-0.2, 0) is 13.2 Å². The number of anilines is 1. The van der Waals surface area contributed by atoms with Crippen LogP contribution in [0.2, 0.25) is 0 Å². The van der Waals surface area contributed by atoms with Crippen LogP contribution in [0.25, 0.3) is 0 Å². The van der Waals surface area contributed by atoms with Crippen LogP contribution in [0, 0.1) is 24.4 Å². The predicted molar refractivity (Wildman–Crippen MR) is 105 cm³/mol. The summed E-state index contributed by atoms with van der Waals surface area (Å²) in [6, 6.07) is 8.91. The lowest BCUT2D eigenvalue weighted by Gasteiger charge is -2.07. The van der Waals surface area contributed by atoms with E-state index in [2.05, 4.69) is 20.6 Å². The van der Waals surface area contributed by atoms with Gasteiger partial charge in [0.15, 0.2) is 17.3 Å². The lowest BCUT2D eigenvalue weighted by molar-refractivity contribution is 0.101. The molecule has 0 radical (unpaired) electrons. The Balaban J connectivity index is 1.43. The molecule has 0 aliphatic heterocycles. The third kappa shape index (κ3) is 4.77. The summed E-state index contributed by atoms with van der Waals surface area (Å²) in [5.41, 5.74) is 0.865. The van der Waals surface area contributed by atoms with Crippen molar-refractivity contribution in [3.63, 3.8) is 0 Å². The van der Waals surface area contributed by atoms with E-state index in [0.29, 0.717) is 17.4 Å². The first-order valence-electron chi connectivity index (χ1n) is 9.37. The van der Waals surface area contributed by atoms with Gasteiger partial charge in [-0.2, -0.15) is 0 Å². The molecule has 0 bridgehead atoms. The highest BCUT2D eigenvalue weighted by Crippen LogP contribution is 2.22. The summed E-state index contributed by atoms with van der Waals surface area (Å²) in [5, 5.41) is 10.3. The monoisotopic (exact) mass is 443 g/mol. The van der Waals surface area contributed by atoms with Crippen molar-refractivity contribution in [2.75, 3.05) is 5.32 Å². The average molecular weight is 443 g/mol. The lowest BCUT2D eigenvalue weighted by Crippen LogP contribution is -2.16. The average Bonchev–Trinajstić information content (AvgIpc) is 3.33. The van der Waals surface area contributed by atoms with E-state index in [1.165, 1.54) is 23.1 Å². The summed E-state index contributed by atoms with van der Waals surface area (Å²) in [6.45, 7) is 1.59. The van der Waals surface area contributed by atoms with Crippen LogP contribution in [0.4, 0.5) is 19.1 Å². The number of hydrogen-bond donors (Lipinski definition) is 1. The minimum Gasteiger partial charge on any atom is -0.486 e. The Kier molecular flexibility index (Phi) is 5.88. The standard InChI is InChI=1S/C21H16F3N5O3/c1-12-16(10-31-18-6-5-15(23)8-17(18)24)19(28-32-12)20(30)26-21-25-11-29(27-21)9-13-3-2-4-14(22)7-13/h2-8,11H,9-10H2,1H3,(H,26,27,30). The highest BCUT2D eigenvalue weighted by atomic mass is 19.1. The Morgan fingerprint density at radius 2 is 1.97 bits per heavy atom. The molecule has 0 aliphatic carbocycles. The van der Waals surface area contributed by atoms with Crippen molar-refractivity contribution in [2.45, 2.75) is 20.1 Å². The topological polar surface area (TPSA) is 95.1 Å². The van der Waals surface area contributed by atoms with Gasteiger partial charge in [0.25, 0.3) is 5.91 Å². The van der Waals surface area contributed by atoms with Crippen LogP contribution in [0.1, 0.15) is 27.4 Å².